The molecule has 0 saturated heterocycles. The van der Waals surface area contributed by atoms with Crippen LogP contribution in [0.25, 0.3) is 0 Å². The number of hydrogen-bond acceptors (Lipinski definition) is 6. The highest BCUT2D eigenvalue weighted by atomic mass is 32.2. The summed E-state index contributed by atoms with van der Waals surface area (Å²) < 4.78 is 4.62. The molecule has 120 valence electrons. The third-order valence-electron chi connectivity index (χ3n) is 2.88. The highest BCUT2D eigenvalue weighted by molar-refractivity contribution is 7.99. The average Bonchev–Trinajstić information content (AvgIpc) is 2.52. The number of nitrogens with one attached hydrogen (secondary N) is 1. The molecule has 1 N–H and O–H groups in total. The van der Waals surface area contributed by atoms with Gasteiger partial charge in [-0.15, -0.1) is 0 Å². The van der Waals surface area contributed by atoms with Crippen LogP contribution in [0.2, 0.25) is 0 Å². The Morgan fingerprint density at radius 1 is 1.13 bits per heavy atom. The highest BCUT2D eigenvalue weighted by Gasteiger charge is 2.08. The molecule has 0 fully saturated rings. The summed E-state index contributed by atoms with van der Waals surface area (Å²) in [6, 6.07) is 8.39. The monoisotopic (exact) mass is 331 g/mol. The number of aryl methyl sites for hydroxylation is 2. The van der Waals surface area contributed by atoms with E-state index >= 15 is 0 Å². The van der Waals surface area contributed by atoms with Crippen molar-refractivity contribution in [2.24, 2.45) is 0 Å². The molecule has 0 saturated carbocycles. The van der Waals surface area contributed by atoms with Gasteiger partial charge in [0.05, 0.1) is 18.4 Å². The summed E-state index contributed by atoms with van der Waals surface area (Å²) >= 11 is 1.28. The van der Waals surface area contributed by atoms with Crippen molar-refractivity contribution in [2.45, 2.75) is 19.0 Å². The van der Waals surface area contributed by atoms with E-state index in [2.05, 4.69) is 20.0 Å². The minimum Gasteiger partial charge on any atom is -0.465 e. The fraction of sp³-hybridized carbons (Fsp3) is 0.250. The van der Waals surface area contributed by atoms with Crippen molar-refractivity contribution in [3.8, 4) is 0 Å². The van der Waals surface area contributed by atoms with Gasteiger partial charge in [-0.3, -0.25) is 4.79 Å². The lowest BCUT2D eigenvalue weighted by Crippen LogP contribution is -2.14. The molecule has 0 atom stereocenters. The Kier molecular flexibility index (Phi) is 5.70. The number of rotatable bonds is 5. The number of benzene rings is 1. The maximum atomic E-state index is 12.0. The summed E-state index contributed by atoms with van der Waals surface area (Å²) in [7, 11) is 1.32. The molecular weight excluding hydrogens is 314 g/mol. The number of ether oxygens (including phenoxy) is 1. The fourth-order valence-corrected chi connectivity index (χ4v) is 2.64. The minimum absolute atomic E-state index is 0.163. The van der Waals surface area contributed by atoms with Crippen LogP contribution in [-0.4, -0.2) is 34.7 Å². The van der Waals surface area contributed by atoms with E-state index in [0.29, 0.717) is 16.4 Å². The van der Waals surface area contributed by atoms with Crippen molar-refractivity contribution >= 4 is 29.3 Å². The number of carbonyl (C=O) groups excluding carboxylic acids is 2. The molecule has 0 aliphatic carbocycles. The molecule has 2 aromatic rings. The van der Waals surface area contributed by atoms with Crippen LogP contribution in [0.3, 0.4) is 0 Å². The maximum absolute atomic E-state index is 12.0. The lowest BCUT2D eigenvalue weighted by atomic mass is 10.2. The van der Waals surface area contributed by atoms with Gasteiger partial charge in [0.2, 0.25) is 5.91 Å². The van der Waals surface area contributed by atoms with E-state index in [1.807, 2.05) is 19.9 Å². The molecule has 1 aromatic carbocycles. The quantitative estimate of drug-likeness (QED) is 0.515. The topological polar surface area (TPSA) is 81.2 Å². The van der Waals surface area contributed by atoms with E-state index in [0.717, 1.165) is 11.4 Å². The van der Waals surface area contributed by atoms with E-state index in [1.54, 1.807) is 24.3 Å². The highest BCUT2D eigenvalue weighted by Crippen LogP contribution is 2.15. The van der Waals surface area contributed by atoms with Gasteiger partial charge in [0.25, 0.3) is 0 Å². The third kappa shape index (κ3) is 5.07. The summed E-state index contributed by atoms with van der Waals surface area (Å²) in [5.41, 5.74) is 2.80. The summed E-state index contributed by atoms with van der Waals surface area (Å²) in [6.45, 7) is 3.78. The van der Waals surface area contributed by atoms with Crippen LogP contribution in [0, 0.1) is 13.8 Å². The fourth-order valence-electron chi connectivity index (χ4n) is 1.89. The Balaban J connectivity index is 1.90. The van der Waals surface area contributed by atoms with Crippen LogP contribution < -0.4 is 5.32 Å². The Labute approximate surface area is 138 Å². The zero-order chi connectivity index (χ0) is 16.8. The molecule has 0 bridgehead atoms. The van der Waals surface area contributed by atoms with E-state index in [4.69, 9.17) is 0 Å². The van der Waals surface area contributed by atoms with Gasteiger partial charge in [-0.05, 0) is 44.2 Å². The van der Waals surface area contributed by atoms with Crippen molar-refractivity contribution in [1.29, 1.82) is 0 Å². The predicted octanol–water partition coefficient (Wildman–Crippen LogP) is 2.61. The average molecular weight is 331 g/mol. The second-order valence-corrected chi connectivity index (χ2v) is 5.78. The molecule has 0 spiro atoms. The van der Waals surface area contributed by atoms with E-state index in [-0.39, 0.29) is 11.7 Å². The normalized spacial score (nSPS) is 10.2. The molecule has 0 radical (unpaired) electrons. The van der Waals surface area contributed by atoms with Crippen molar-refractivity contribution in [3.63, 3.8) is 0 Å². The van der Waals surface area contributed by atoms with Crippen LogP contribution in [0.15, 0.2) is 35.5 Å². The Hall–Kier alpha value is -2.41. The van der Waals surface area contributed by atoms with Gasteiger partial charge < -0.3 is 10.1 Å². The Morgan fingerprint density at radius 2 is 1.74 bits per heavy atom. The first-order valence-corrected chi connectivity index (χ1v) is 7.90. The molecule has 0 aliphatic rings. The molecule has 2 rings (SSSR count). The minimum atomic E-state index is -0.412. The number of amides is 1. The smallest absolute Gasteiger partial charge is 0.337 e. The van der Waals surface area contributed by atoms with Crippen LogP contribution >= 0.6 is 11.8 Å². The molecule has 1 aromatic heterocycles. The Morgan fingerprint density at radius 3 is 2.30 bits per heavy atom. The molecular formula is C16H17N3O3S. The number of hydrogen-bond donors (Lipinski definition) is 1. The summed E-state index contributed by atoms with van der Waals surface area (Å²) in [6.07, 6.45) is 0. The number of nitrogens with zero attached hydrogens (tertiary/aromatic N) is 2. The number of thioether (sulfide) groups is 1. The van der Waals surface area contributed by atoms with Gasteiger partial charge in [-0.1, -0.05) is 11.8 Å². The van der Waals surface area contributed by atoms with Gasteiger partial charge in [0.15, 0.2) is 5.16 Å². The van der Waals surface area contributed by atoms with Gasteiger partial charge in [-0.2, -0.15) is 0 Å². The van der Waals surface area contributed by atoms with Gasteiger partial charge >= 0.3 is 5.97 Å². The largest absolute Gasteiger partial charge is 0.465 e. The molecule has 7 heteroatoms. The lowest BCUT2D eigenvalue weighted by molar-refractivity contribution is -0.113. The molecule has 1 heterocycles. The van der Waals surface area contributed by atoms with Crippen LogP contribution in [-0.2, 0) is 9.53 Å². The number of carbonyl (C=O) groups is 2. The zero-order valence-electron chi connectivity index (χ0n) is 13.1. The molecule has 0 unspecified atom stereocenters. The summed E-state index contributed by atoms with van der Waals surface area (Å²) in [5, 5.41) is 3.34. The molecule has 6 nitrogen and oxygen atoms in total. The molecule has 23 heavy (non-hydrogen) atoms. The number of methoxy groups -OCH3 is 1. The SMILES string of the molecule is COC(=O)c1ccc(NC(=O)CSc2nc(C)cc(C)n2)cc1. The van der Waals surface area contributed by atoms with Crippen molar-refractivity contribution in [1.82, 2.24) is 9.97 Å². The van der Waals surface area contributed by atoms with Crippen LogP contribution in [0.5, 0.6) is 0 Å². The Bertz CT molecular complexity index is 697. The second kappa shape index (κ2) is 7.73. The summed E-state index contributed by atoms with van der Waals surface area (Å²) in [5.74, 6) is -0.365. The first kappa shape index (κ1) is 17.0. The van der Waals surface area contributed by atoms with Crippen LogP contribution in [0.4, 0.5) is 5.69 Å². The van der Waals surface area contributed by atoms with Gasteiger partial charge in [0, 0.05) is 17.1 Å². The second-order valence-electron chi connectivity index (χ2n) is 4.84. The maximum Gasteiger partial charge on any atom is 0.337 e. The molecule has 0 aliphatic heterocycles. The number of esters is 1. The van der Waals surface area contributed by atoms with Gasteiger partial charge in [0.1, 0.15) is 0 Å². The molecule has 1 amide bonds. The third-order valence-corrected chi connectivity index (χ3v) is 3.73. The van der Waals surface area contributed by atoms with E-state index in [1.165, 1.54) is 18.9 Å². The van der Waals surface area contributed by atoms with E-state index < -0.39 is 5.97 Å². The van der Waals surface area contributed by atoms with Crippen molar-refractivity contribution < 1.29 is 14.3 Å². The van der Waals surface area contributed by atoms with Crippen molar-refractivity contribution in [3.05, 3.63) is 47.3 Å². The predicted molar refractivity (Wildman–Crippen MR) is 88.6 cm³/mol. The number of anilines is 1. The van der Waals surface area contributed by atoms with E-state index in [9.17, 15) is 9.59 Å². The lowest BCUT2D eigenvalue weighted by Gasteiger charge is -2.06. The first-order chi connectivity index (χ1) is 11.0. The van der Waals surface area contributed by atoms with Crippen molar-refractivity contribution in [2.75, 3.05) is 18.2 Å². The standard InChI is InChI=1S/C16H17N3O3S/c1-10-8-11(2)18-16(17-10)23-9-14(20)19-13-6-4-12(5-7-13)15(21)22-3/h4-8H,9H2,1-3H3,(H,19,20). The first-order valence-electron chi connectivity index (χ1n) is 6.91. The van der Waals surface area contributed by atoms with Crippen LogP contribution in [0.1, 0.15) is 21.7 Å². The number of aromatic nitrogens is 2. The van der Waals surface area contributed by atoms with Gasteiger partial charge in [-0.25, -0.2) is 14.8 Å². The zero-order valence-corrected chi connectivity index (χ0v) is 13.9. The summed E-state index contributed by atoms with van der Waals surface area (Å²) in [4.78, 5) is 31.8.